The highest BCUT2D eigenvalue weighted by Crippen LogP contribution is 2.42. The van der Waals surface area contributed by atoms with E-state index in [-0.39, 0.29) is 6.61 Å². The van der Waals surface area contributed by atoms with Crippen molar-refractivity contribution >= 4 is 17.3 Å². The van der Waals surface area contributed by atoms with E-state index < -0.39 is 11.6 Å². The van der Waals surface area contributed by atoms with Gasteiger partial charge in [0.25, 0.3) is 0 Å². The third kappa shape index (κ3) is 5.09. The number of carboxylic acids is 1. The molecule has 2 aromatic rings. The van der Waals surface area contributed by atoms with Gasteiger partial charge in [0.1, 0.15) is 29.5 Å². The molecule has 1 atom stereocenters. The van der Waals surface area contributed by atoms with Crippen molar-refractivity contribution in [3.8, 4) is 17.2 Å². The summed E-state index contributed by atoms with van der Waals surface area (Å²) < 4.78 is 17.1. The Morgan fingerprint density at radius 2 is 1.80 bits per heavy atom. The Morgan fingerprint density at radius 3 is 2.47 bits per heavy atom. The Hall–Kier alpha value is -3.09. The number of benzene rings is 2. The topological polar surface area (TPSA) is 80.3 Å². The van der Waals surface area contributed by atoms with E-state index in [0.717, 1.165) is 29.4 Å². The van der Waals surface area contributed by atoms with Gasteiger partial charge in [0.2, 0.25) is 0 Å². The quantitative estimate of drug-likeness (QED) is 0.602. The highest BCUT2D eigenvalue weighted by atomic mass is 16.5. The van der Waals surface area contributed by atoms with E-state index in [1.165, 1.54) is 0 Å². The molecular formula is C23H30N2O5. The lowest BCUT2D eigenvalue weighted by molar-refractivity contribution is -0.139. The monoisotopic (exact) mass is 414 g/mol. The fourth-order valence-corrected chi connectivity index (χ4v) is 3.52. The van der Waals surface area contributed by atoms with Crippen molar-refractivity contribution in [2.75, 3.05) is 36.6 Å². The third-order valence-electron chi connectivity index (χ3n) is 4.81. The van der Waals surface area contributed by atoms with E-state index in [1.54, 1.807) is 6.07 Å². The Kier molecular flexibility index (Phi) is 6.59. The number of rotatable bonds is 10. The van der Waals surface area contributed by atoms with Crippen molar-refractivity contribution in [2.45, 2.75) is 33.4 Å². The zero-order chi connectivity index (χ0) is 21.7. The average molecular weight is 415 g/mol. The molecule has 0 radical (unpaired) electrons. The molecule has 0 spiro atoms. The van der Waals surface area contributed by atoms with Crippen molar-refractivity contribution < 1.29 is 24.1 Å². The van der Waals surface area contributed by atoms with Crippen LogP contribution in [0.4, 0.5) is 11.4 Å². The van der Waals surface area contributed by atoms with Gasteiger partial charge in [-0.15, -0.1) is 0 Å². The zero-order valence-electron chi connectivity index (χ0n) is 18.0. The zero-order valence-corrected chi connectivity index (χ0v) is 18.0. The molecule has 2 N–H and O–H groups in total. The summed E-state index contributed by atoms with van der Waals surface area (Å²) in [5.41, 5.74) is 1.47. The van der Waals surface area contributed by atoms with E-state index in [2.05, 4.69) is 31.0 Å². The number of ether oxygens (including phenoxy) is 3. The summed E-state index contributed by atoms with van der Waals surface area (Å²) in [6, 6.07) is 13.2. The molecule has 0 bridgehead atoms. The van der Waals surface area contributed by atoms with Gasteiger partial charge in [0, 0.05) is 18.7 Å². The molecule has 0 saturated carbocycles. The van der Waals surface area contributed by atoms with Crippen molar-refractivity contribution in [3.63, 3.8) is 0 Å². The summed E-state index contributed by atoms with van der Waals surface area (Å²) >= 11 is 0. The first-order valence-electron chi connectivity index (χ1n) is 10.2. The smallest absolute Gasteiger partial charge is 0.341 e. The van der Waals surface area contributed by atoms with E-state index in [9.17, 15) is 4.79 Å². The number of nitrogens with zero attached hydrogens (tertiary/aromatic N) is 1. The van der Waals surface area contributed by atoms with E-state index in [0.29, 0.717) is 24.9 Å². The molecule has 0 aliphatic carbocycles. The summed E-state index contributed by atoms with van der Waals surface area (Å²) in [7, 11) is 0. The molecule has 7 heteroatoms. The van der Waals surface area contributed by atoms with Crippen LogP contribution in [0.5, 0.6) is 17.2 Å². The summed E-state index contributed by atoms with van der Waals surface area (Å²) in [6.07, 6.45) is 0. The van der Waals surface area contributed by atoms with Crippen LogP contribution in [-0.4, -0.2) is 43.1 Å². The van der Waals surface area contributed by atoms with Gasteiger partial charge in [-0.2, -0.15) is 0 Å². The van der Waals surface area contributed by atoms with Gasteiger partial charge in [-0.05, 0) is 44.0 Å². The van der Waals surface area contributed by atoms with Gasteiger partial charge >= 0.3 is 5.97 Å². The molecule has 0 amide bonds. The predicted octanol–water partition coefficient (Wildman–Crippen LogP) is 4.23. The van der Waals surface area contributed by atoms with Crippen LogP contribution in [0.25, 0.3) is 0 Å². The minimum absolute atomic E-state index is 0.368. The number of carbonyl (C=O) groups is 1. The largest absolute Gasteiger partial charge is 0.494 e. The Labute approximate surface area is 177 Å². The minimum atomic E-state index is -1.000. The number of hydrogen-bond acceptors (Lipinski definition) is 6. The van der Waals surface area contributed by atoms with Gasteiger partial charge in [-0.3, -0.25) is 0 Å². The molecule has 1 aliphatic heterocycles. The van der Waals surface area contributed by atoms with Gasteiger partial charge in [-0.1, -0.05) is 19.9 Å². The molecule has 162 valence electrons. The molecule has 1 aliphatic rings. The summed E-state index contributed by atoms with van der Waals surface area (Å²) in [5, 5.41) is 12.4. The highest BCUT2D eigenvalue weighted by Gasteiger charge is 2.40. The SMILES string of the molecule is CCOc1cccc(OCC2(C)Nc3ccc(OCC(=O)O)cc3N2CC(C)C)c1. The van der Waals surface area contributed by atoms with Crippen molar-refractivity contribution in [2.24, 2.45) is 5.92 Å². The number of fused-ring (bicyclic) bond motifs is 1. The fourth-order valence-electron chi connectivity index (χ4n) is 3.52. The second-order valence-corrected chi connectivity index (χ2v) is 7.96. The van der Waals surface area contributed by atoms with Crippen molar-refractivity contribution in [1.29, 1.82) is 0 Å². The molecule has 7 nitrogen and oxygen atoms in total. The first kappa shape index (κ1) is 21.6. The maximum Gasteiger partial charge on any atom is 0.341 e. The molecule has 0 saturated heterocycles. The maximum atomic E-state index is 10.8. The van der Waals surface area contributed by atoms with Gasteiger partial charge in [-0.25, -0.2) is 4.79 Å². The van der Waals surface area contributed by atoms with Crippen LogP contribution in [0.1, 0.15) is 27.7 Å². The van der Waals surface area contributed by atoms with Crippen LogP contribution >= 0.6 is 0 Å². The molecule has 1 heterocycles. The van der Waals surface area contributed by atoms with Gasteiger partial charge in [0.15, 0.2) is 6.61 Å². The Bertz CT molecular complexity index is 886. The first-order valence-corrected chi connectivity index (χ1v) is 10.2. The Balaban J connectivity index is 1.80. The second-order valence-electron chi connectivity index (χ2n) is 7.96. The lowest BCUT2D eigenvalue weighted by Gasteiger charge is -2.38. The second kappa shape index (κ2) is 9.15. The third-order valence-corrected chi connectivity index (χ3v) is 4.81. The number of carboxylic acid groups (broad SMARTS) is 1. The molecule has 3 rings (SSSR count). The molecule has 0 fully saturated rings. The van der Waals surface area contributed by atoms with Crippen LogP contribution in [0.15, 0.2) is 42.5 Å². The minimum Gasteiger partial charge on any atom is -0.494 e. The summed E-state index contributed by atoms with van der Waals surface area (Å²) in [4.78, 5) is 13.1. The van der Waals surface area contributed by atoms with Crippen LogP contribution in [-0.2, 0) is 4.79 Å². The average Bonchev–Trinajstić information content (AvgIpc) is 2.96. The summed E-state index contributed by atoms with van der Waals surface area (Å²) in [5.74, 6) is 1.47. The van der Waals surface area contributed by atoms with E-state index >= 15 is 0 Å². The van der Waals surface area contributed by atoms with Gasteiger partial charge in [0.05, 0.1) is 18.0 Å². The molecule has 0 aromatic heterocycles. The van der Waals surface area contributed by atoms with E-state index in [4.69, 9.17) is 19.3 Å². The van der Waals surface area contributed by atoms with Crippen LogP contribution in [0.2, 0.25) is 0 Å². The predicted molar refractivity (Wildman–Crippen MR) is 117 cm³/mol. The lowest BCUT2D eigenvalue weighted by Crippen LogP contribution is -2.53. The lowest BCUT2D eigenvalue weighted by atomic mass is 10.1. The van der Waals surface area contributed by atoms with Crippen LogP contribution < -0.4 is 24.4 Å². The molecular weight excluding hydrogens is 384 g/mol. The van der Waals surface area contributed by atoms with Crippen LogP contribution in [0, 0.1) is 5.92 Å². The number of nitrogens with one attached hydrogen (secondary N) is 1. The maximum absolute atomic E-state index is 10.8. The molecule has 2 aromatic carbocycles. The highest BCUT2D eigenvalue weighted by molar-refractivity contribution is 5.79. The standard InChI is InChI=1S/C23H30N2O5/c1-5-28-17-7-6-8-18(11-17)30-15-23(4)24-20-10-9-19(29-14-22(26)27)12-21(20)25(23)13-16(2)3/h6-12,16,24H,5,13-15H2,1-4H3,(H,26,27). The molecule has 1 unspecified atom stereocenters. The fraction of sp³-hybridized carbons (Fsp3) is 0.435. The van der Waals surface area contributed by atoms with E-state index in [1.807, 2.05) is 43.3 Å². The normalized spacial score (nSPS) is 17.4. The van der Waals surface area contributed by atoms with Crippen molar-refractivity contribution in [3.05, 3.63) is 42.5 Å². The Morgan fingerprint density at radius 1 is 1.10 bits per heavy atom. The number of anilines is 2. The summed E-state index contributed by atoms with van der Waals surface area (Å²) in [6.45, 7) is 9.83. The molecule has 30 heavy (non-hydrogen) atoms. The number of aliphatic carboxylic acids is 1. The van der Waals surface area contributed by atoms with Crippen LogP contribution in [0.3, 0.4) is 0 Å². The number of hydrogen-bond donors (Lipinski definition) is 2. The van der Waals surface area contributed by atoms with Gasteiger partial charge < -0.3 is 29.5 Å². The van der Waals surface area contributed by atoms with Crippen molar-refractivity contribution in [1.82, 2.24) is 0 Å². The first-order chi connectivity index (χ1) is 14.3.